The molecule has 0 saturated heterocycles. The van der Waals surface area contributed by atoms with E-state index in [9.17, 15) is 8.78 Å². The highest BCUT2D eigenvalue weighted by Crippen LogP contribution is 2.26. The fraction of sp³-hybridized carbons (Fsp3) is 0.500. The number of aromatic nitrogens is 1. The van der Waals surface area contributed by atoms with Gasteiger partial charge in [-0.1, -0.05) is 20.8 Å². The van der Waals surface area contributed by atoms with Gasteiger partial charge in [-0.3, -0.25) is 0 Å². The Hall–Kier alpha value is -0.860. The van der Waals surface area contributed by atoms with Gasteiger partial charge in [-0.05, 0) is 5.41 Å². The fourth-order valence-corrected chi connectivity index (χ4v) is 1.06. The molecule has 1 aromatic heterocycles. The maximum atomic E-state index is 12.8. The molecule has 11 heavy (non-hydrogen) atoms. The second-order valence-corrected chi connectivity index (χ2v) is 3.58. The van der Waals surface area contributed by atoms with Crippen molar-refractivity contribution in [3.05, 3.63) is 23.5 Å². The lowest BCUT2D eigenvalue weighted by Gasteiger charge is -2.16. The predicted molar refractivity (Wildman–Crippen MR) is 39.4 cm³/mol. The number of aromatic amines is 1. The van der Waals surface area contributed by atoms with E-state index in [1.165, 1.54) is 0 Å². The Bertz CT molecular complexity index is 238. The van der Waals surface area contributed by atoms with Crippen LogP contribution < -0.4 is 0 Å². The number of hydrogen-bond donors (Lipinski definition) is 1. The maximum Gasteiger partial charge on any atom is 0.197 e. The van der Waals surface area contributed by atoms with E-state index in [4.69, 9.17) is 0 Å². The molecular formula is C8H11F2N. The van der Waals surface area contributed by atoms with E-state index in [1.807, 2.05) is 0 Å². The number of nitrogens with one attached hydrogen (secondary N) is 1. The minimum atomic E-state index is -0.574. The molecule has 0 aliphatic carbocycles. The number of H-pyrrole nitrogens is 1. The standard InChI is InChI=1S/C8H11F2N/c1-8(2,3)6-5(9)4-11-7(6)10/h4,11H,1-3H3. The van der Waals surface area contributed by atoms with Crippen molar-refractivity contribution in [2.24, 2.45) is 0 Å². The van der Waals surface area contributed by atoms with Gasteiger partial charge in [0.1, 0.15) is 5.82 Å². The Morgan fingerprint density at radius 1 is 1.27 bits per heavy atom. The zero-order valence-corrected chi connectivity index (χ0v) is 6.83. The van der Waals surface area contributed by atoms with Crippen molar-refractivity contribution in [3.8, 4) is 0 Å². The molecule has 1 rings (SSSR count). The smallest absolute Gasteiger partial charge is 0.197 e. The summed E-state index contributed by atoms with van der Waals surface area (Å²) in [4.78, 5) is 2.20. The van der Waals surface area contributed by atoms with Crippen LogP contribution in [0.1, 0.15) is 26.3 Å². The lowest BCUT2D eigenvalue weighted by molar-refractivity contribution is 0.480. The van der Waals surface area contributed by atoms with Crippen LogP contribution in [0.5, 0.6) is 0 Å². The summed E-state index contributed by atoms with van der Waals surface area (Å²) >= 11 is 0. The van der Waals surface area contributed by atoms with E-state index in [0.29, 0.717) is 0 Å². The van der Waals surface area contributed by atoms with Gasteiger partial charge in [0.2, 0.25) is 0 Å². The van der Waals surface area contributed by atoms with Gasteiger partial charge in [0.15, 0.2) is 5.95 Å². The van der Waals surface area contributed by atoms with Crippen molar-refractivity contribution in [2.45, 2.75) is 26.2 Å². The Morgan fingerprint density at radius 2 is 1.82 bits per heavy atom. The molecule has 1 nitrogen and oxygen atoms in total. The van der Waals surface area contributed by atoms with Crippen LogP contribution >= 0.6 is 0 Å². The molecule has 0 unspecified atom stereocenters. The van der Waals surface area contributed by atoms with E-state index in [2.05, 4.69) is 4.98 Å². The topological polar surface area (TPSA) is 15.8 Å². The van der Waals surface area contributed by atoms with Crippen LogP contribution in [0.15, 0.2) is 6.20 Å². The first-order valence-electron chi connectivity index (χ1n) is 3.46. The summed E-state index contributed by atoms with van der Waals surface area (Å²) < 4.78 is 25.6. The first-order valence-corrected chi connectivity index (χ1v) is 3.46. The van der Waals surface area contributed by atoms with Crippen molar-refractivity contribution in [1.29, 1.82) is 0 Å². The van der Waals surface area contributed by atoms with Crippen LogP contribution in [-0.4, -0.2) is 4.98 Å². The van der Waals surface area contributed by atoms with E-state index in [0.717, 1.165) is 6.20 Å². The van der Waals surface area contributed by atoms with Gasteiger partial charge < -0.3 is 4.98 Å². The molecule has 62 valence electrons. The number of hydrogen-bond acceptors (Lipinski definition) is 0. The largest absolute Gasteiger partial charge is 0.335 e. The average molecular weight is 159 g/mol. The molecule has 0 aromatic carbocycles. The van der Waals surface area contributed by atoms with Gasteiger partial charge in [0.05, 0.1) is 0 Å². The van der Waals surface area contributed by atoms with Gasteiger partial charge in [0, 0.05) is 11.8 Å². The molecule has 0 spiro atoms. The third-order valence-corrected chi connectivity index (χ3v) is 1.53. The summed E-state index contributed by atoms with van der Waals surface area (Å²) in [5.41, 5.74) is -0.355. The highest BCUT2D eigenvalue weighted by Gasteiger charge is 2.24. The normalized spacial score (nSPS) is 12.1. The maximum absolute atomic E-state index is 12.8. The molecule has 0 aliphatic rings. The molecule has 0 radical (unpaired) electrons. The molecule has 0 fully saturated rings. The molecule has 1 N–H and O–H groups in total. The first-order chi connectivity index (χ1) is 4.93. The highest BCUT2D eigenvalue weighted by atomic mass is 19.1. The predicted octanol–water partition coefficient (Wildman–Crippen LogP) is 2.59. The Morgan fingerprint density at radius 3 is 2.00 bits per heavy atom. The van der Waals surface area contributed by atoms with E-state index in [-0.39, 0.29) is 5.56 Å². The molecule has 3 heteroatoms. The zero-order chi connectivity index (χ0) is 8.65. The summed E-state index contributed by atoms with van der Waals surface area (Å²) in [7, 11) is 0. The van der Waals surface area contributed by atoms with Crippen molar-refractivity contribution in [2.75, 3.05) is 0 Å². The minimum Gasteiger partial charge on any atom is -0.335 e. The SMILES string of the molecule is CC(C)(C)c1c(F)c[nH]c1F. The molecule has 1 aromatic rings. The van der Waals surface area contributed by atoms with Gasteiger partial charge in [-0.2, -0.15) is 4.39 Å². The number of rotatable bonds is 0. The molecule has 0 atom stereocenters. The quantitative estimate of drug-likeness (QED) is 0.598. The Labute approximate surface area is 64.4 Å². The van der Waals surface area contributed by atoms with Gasteiger partial charge >= 0.3 is 0 Å². The lowest BCUT2D eigenvalue weighted by atomic mass is 9.89. The third-order valence-electron chi connectivity index (χ3n) is 1.53. The van der Waals surface area contributed by atoms with Crippen LogP contribution in [0.25, 0.3) is 0 Å². The molecule has 1 heterocycles. The summed E-state index contributed by atoms with van der Waals surface area (Å²) in [5.74, 6) is -1.08. The Balaban J connectivity index is 3.21. The highest BCUT2D eigenvalue weighted by molar-refractivity contribution is 5.22. The summed E-state index contributed by atoms with van der Waals surface area (Å²) in [6, 6.07) is 0. The number of halogens is 2. The van der Waals surface area contributed by atoms with Crippen molar-refractivity contribution in [3.63, 3.8) is 0 Å². The molecule has 0 bridgehead atoms. The second kappa shape index (κ2) is 2.32. The molecule has 0 amide bonds. The molecule has 0 aliphatic heterocycles. The average Bonchev–Trinajstić information content (AvgIpc) is 2.08. The van der Waals surface area contributed by atoms with Crippen molar-refractivity contribution >= 4 is 0 Å². The van der Waals surface area contributed by atoms with Crippen molar-refractivity contribution < 1.29 is 8.78 Å². The van der Waals surface area contributed by atoms with E-state index in [1.54, 1.807) is 20.8 Å². The van der Waals surface area contributed by atoms with Gasteiger partial charge in [-0.25, -0.2) is 4.39 Å². The molecule has 0 saturated carbocycles. The van der Waals surface area contributed by atoms with Crippen LogP contribution in [0.3, 0.4) is 0 Å². The summed E-state index contributed by atoms with van der Waals surface area (Å²) in [6.07, 6.45) is 1.04. The minimum absolute atomic E-state index is 0.123. The summed E-state index contributed by atoms with van der Waals surface area (Å²) in [5, 5.41) is 0. The van der Waals surface area contributed by atoms with Gasteiger partial charge in [-0.15, -0.1) is 0 Å². The van der Waals surface area contributed by atoms with Crippen LogP contribution in [-0.2, 0) is 5.41 Å². The first kappa shape index (κ1) is 8.24. The van der Waals surface area contributed by atoms with Gasteiger partial charge in [0.25, 0.3) is 0 Å². The Kier molecular flexibility index (Phi) is 1.74. The monoisotopic (exact) mass is 159 g/mol. The molecular weight excluding hydrogens is 148 g/mol. The van der Waals surface area contributed by atoms with E-state index < -0.39 is 17.2 Å². The van der Waals surface area contributed by atoms with Crippen LogP contribution in [0, 0.1) is 11.8 Å². The third kappa shape index (κ3) is 1.42. The van der Waals surface area contributed by atoms with Crippen molar-refractivity contribution in [1.82, 2.24) is 4.98 Å². The fourth-order valence-electron chi connectivity index (χ4n) is 1.06. The van der Waals surface area contributed by atoms with Crippen LogP contribution in [0.4, 0.5) is 8.78 Å². The lowest BCUT2D eigenvalue weighted by Crippen LogP contribution is -2.13. The van der Waals surface area contributed by atoms with Crippen LogP contribution in [0.2, 0.25) is 0 Å². The summed E-state index contributed by atoms with van der Waals surface area (Å²) in [6.45, 7) is 5.30. The van der Waals surface area contributed by atoms with E-state index >= 15 is 0 Å². The zero-order valence-electron chi connectivity index (χ0n) is 6.83. The second-order valence-electron chi connectivity index (χ2n) is 3.58.